The first kappa shape index (κ1) is 21.0. The van der Waals surface area contributed by atoms with Crippen molar-refractivity contribution in [1.82, 2.24) is 19.5 Å². The molecule has 0 fully saturated rings. The van der Waals surface area contributed by atoms with Crippen LogP contribution in [-0.4, -0.2) is 31.2 Å². The second kappa shape index (κ2) is 8.59. The molecule has 0 saturated heterocycles. The second-order valence-corrected chi connectivity index (χ2v) is 9.94. The number of aromatic amines is 2. The zero-order valence-corrected chi connectivity index (χ0v) is 19.3. The second-order valence-electron chi connectivity index (χ2n) is 7.92. The van der Waals surface area contributed by atoms with Crippen molar-refractivity contribution in [3.8, 4) is 0 Å². The average molecular weight is 470 g/mol. The van der Waals surface area contributed by atoms with Crippen molar-refractivity contribution < 1.29 is 4.79 Å². The van der Waals surface area contributed by atoms with Gasteiger partial charge in [0.1, 0.15) is 4.83 Å². The number of carbonyl (C=O) groups is 1. The predicted octanol–water partition coefficient (Wildman–Crippen LogP) is 3.65. The highest BCUT2D eigenvalue weighted by molar-refractivity contribution is 7.99. The average Bonchev–Trinajstić information content (AvgIpc) is 3.33. The molecule has 1 aliphatic rings. The number of thiophene rings is 1. The molecule has 1 amide bonds. The van der Waals surface area contributed by atoms with Crippen molar-refractivity contribution in [2.45, 2.75) is 50.7 Å². The molecule has 0 unspecified atom stereocenters. The van der Waals surface area contributed by atoms with Gasteiger partial charge in [0.05, 0.1) is 22.2 Å². The Bertz CT molecular complexity index is 1450. The smallest absolute Gasteiger partial charge is 0.323 e. The van der Waals surface area contributed by atoms with Gasteiger partial charge < -0.3 is 15.3 Å². The van der Waals surface area contributed by atoms with Crippen LogP contribution in [0, 0.1) is 0 Å². The summed E-state index contributed by atoms with van der Waals surface area (Å²) in [4.78, 5) is 49.6. The summed E-state index contributed by atoms with van der Waals surface area (Å²) >= 11 is 2.90. The van der Waals surface area contributed by atoms with Crippen LogP contribution < -0.4 is 16.6 Å². The molecule has 8 nitrogen and oxygen atoms in total. The van der Waals surface area contributed by atoms with Gasteiger partial charge in [-0.15, -0.1) is 11.3 Å². The molecule has 3 N–H and O–H groups in total. The molecular formula is C22H23N5O3S2. The number of aryl methyl sites for hydroxylation is 2. The lowest BCUT2D eigenvalue weighted by molar-refractivity contribution is -0.113. The van der Waals surface area contributed by atoms with E-state index in [0.29, 0.717) is 28.4 Å². The summed E-state index contributed by atoms with van der Waals surface area (Å²) in [6.45, 7) is 2.61. The lowest BCUT2D eigenvalue weighted by Gasteiger charge is -2.13. The molecule has 166 valence electrons. The van der Waals surface area contributed by atoms with E-state index in [-0.39, 0.29) is 22.9 Å². The maximum absolute atomic E-state index is 13.3. The van der Waals surface area contributed by atoms with Gasteiger partial charge in [-0.3, -0.25) is 14.2 Å². The summed E-state index contributed by atoms with van der Waals surface area (Å²) in [6, 6.07) is 5.19. The van der Waals surface area contributed by atoms with Crippen molar-refractivity contribution in [2.75, 3.05) is 11.1 Å². The van der Waals surface area contributed by atoms with E-state index in [0.717, 1.165) is 42.3 Å². The Morgan fingerprint density at radius 2 is 2.03 bits per heavy atom. The molecule has 10 heteroatoms. The van der Waals surface area contributed by atoms with Crippen LogP contribution in [0.5, 0.6) is 0 Å². The van der Waals surface area contributed by atoms with Gasteiger partial charge in [0.25, 0.3) is 5.56 Å². The summed E-state index contributed by atoms with van der Waals surface area (Å²) in [7, 11) is 0. The summed E-state index contributed by atoms with van der Waals surface area (Å²) in [5.74, 6) is -0.0656. The van der Waals surface area contributed by atoms with Crippen LogP contribution in [0.25, 0.3) is 21.3 Å². The van der Waals surface area contributed by atoms with Crippen LogP contribution in [0.3, 0.4) is 0 Å². The van der Waals surface area contributed by atoms with E-state index >= 15 is 0 Å². The van der Waals surface area contributed by atoms with E-state index in [1.54, 1.807) is 34.1 Å². The number of H-pyrrole nitrogens is 2. The first-order chi connectivity index (χ1) is 15.5. The third kappa shape index (κ3) is 3.88. The Morgan fingerprint density at radius 3 is 2.88 bits per heavy atom. The van der Waals surface area contributed by atoms with E-state index in [2.05, 4.69) is 15.3 Å². The zero-order chi connectivity index (χ0) is 22.2. The number of hydrogen-bond donors (Lipinski definition) is 3. The van der Waals surface area contributed by atoms with Crippen molar-refractivity contribution in [1.29, 1.82) is 0 Å². The molecule has 3 heterocycles. The van der Waals surface area contributed by atoms with Crippen molar-refractivity contribution in [3.63, 3.8) is 0 Å². The minimum Gasteiger partial charge on any atom is -0.325 e. The Labute approximate surface area is 191 Å². The van der Waals surface area contributed by atoms with Gasteiger partial charge in [-0.25, -0.2) is 9.78 Å². The Balaban J connectivity index is 1.38. The monoisotopic (exact) mass is 469 g/mol. The van der Waals surface area contributed by atoms with Crippen molar-refractivity contribution in [3.05, 3.63) is 49.5 Å². The summed E-state index contributed by atoms with van der Waals surface area (Å²) in [5, 5.41) is 4.21. The SMILES string of the molecule is CCCn1c(SCC(=O)Nc2ccc3[nH]c(=O)[nH]c3c2)nc2sc3c(c2c1=O)CCCC3. The van der Waals surface area contributed by atoms with Crippen LogP contribution in [-0.2, 0) is 24.2 Å². The van der Waals surface area contributed by atoms with Crippen LogP contribution in [0.4, 0.5) is 5.69 Å². The zero-order valence-electron chi connectivity index (χ0n) is 17.6. The topological polar surface area (TPSA) is 113 Å². The van der Waals surface area contributed by atoms with Gasteiger partial charge >= 0.3 is 5.69 Å². The highest BCUT2D eigenvalue weighted by Gasteiger charge is 2.22. The molecule has 3 aromatic heterocycles. The number of rotatable bonds is 6. The number of carbonyl (C=O) groups excluding carboxylic acids is 1. The molecule has 0 bridgehead atoms. The third-order valence-corrected chi connectivity index (χ3v) is 7.78. The number of aromatic nitrogens is 4. The highest BCUT2D eigenvalue weighted by Crippen LogP contribution is 2.34. The number of fused-ring (bicyclic) bond motifs is 4. The lowest BCUT2D eigenvalue weighted by Crippen LogP contribution is -2.24. The fraction of sp³-hybridized carbons (Fsp3) is 0.364. The maximum atomic E-state index is 13.3. The Kier molecular flexibility index (Phi) is 5.64. The van der Waals surface area contributed by atoms with Gasteiger partial charge in [0, 0.05) is 17.1 Å². The van der Waals surface area contributed by atoms with Crippen molar-refractivity contribution >= 4 is 55.9 Å². The number of amides is 1. The minimum absolute atomic E-state index is 0.0148. The normalized spacial score (nSPS) is 13.5. The van der Waals surface area contributed by atoms with Gasteiger partial charge in [0.2, 0.25) is 5.91 Å². The fourth-order valence-electron chi connectivity index (χ4n) is 4.19. The van der Waals surface area contributed by atoms with Crippen LogP contribution in [0.1, 0.15) is 36.6 Å². The largest absolute Gasteiger partial charge is 0.325 e. The van der Waals surface area contributed by atoms with E-state index in [1.165, 1.54) is 22.2 Å². The quantitative estimate of drug-likeness (QED) is 0.295. The standard InChI is InChI=1S/C22H23N5O3S2/c1-2-9-27-20(29)18-13-5-3-4-6-16(13)32-19(18)26-22(27)31-11-17(28)23-12-7-8-14-15(10-12)25-21(30)24-14/h7-8,10H,2-6,9,11H2,1H3,(H,23,28)(H2,24,25,30). The van der Waals surface area contributed by atoms with Crippen LogP contribution >= 0.6 is 23.1 Å². The number of thioether (sulfide) groups is 1. The van der Waals surface area contributed by atoms with E-state index in [9.17, 15) is 14.4 Å². The molecule has 1 aliphatic carbocycles. The van der Waals surface area contributed by atoms with Crippen LogP contribution in [0.15, 0.2) is 32.9 Å². The molecule has 0 spiro atoms. The van der Waals surface area contributed by atoms with Gasteiger partial charge in [0.15, 0.2) is 5.16 Å². The first-order valence-corrected chi connectivity index (χ1v) is 12.5. The number of nitrogens with zero attached hydrogens (tertiary/aromatic N) is 2. The molecule has 1 aromatic carbocycles. The van der Waals surface area contributed by atoms with Crippen LogP contribution in [0.2, 0.25) is 0 Å². The number of hydrogen-bond acceptors (Lipinski definition) is 6. The minimum atomic E-state index is -0.287. The number of imidazole rings is 1. The molecule has 0 atom stereocenters. The van der Waals surface area contributed by atoms with Gasteiger partial charge in [-0.2, -0.15) is 0 Å². The van der Waals surface area contributed by atoms with Crippen molar-refractivity contribution in [2.24, 2.45) is 0 Å². The summed E-state index contributed by atoms with van der Waals surface area (Å²) in [6.07, 6.45) is 5.06. The Morgan fingerprint density at radius 1 is 1.22 bits per heavy atom. The fourth-order valence-corrected chi connectivity index (χ4v) is 6.32. The van der Waals surface area contributed by atoms with E-state index < -0.39 is 0 Å². The molecule has 0 radical (unpaired) electrons. The number of benzene rings is 1. The van der Waals surface area contributed by atoms with Gasteiger partial charge in [-0.05, 0) is 55.9 Å². The van der Waals surface area contributed by atoms with E-state index in [4.69, 9.17) is 4.98 Å². The maximum Gasteiger partial charge on any atom is 0.323 e. The lowest BCUT2D eigenvalue weighted by atomic mass is 9.97. The molecule has 0 saturated carbocycles. The highest BCUT2D eigenvalue weighted by atomic mass is 32.2. The molecular weight excluding hydrogens is 446 g/mol. The molecule has 32 heavy (non-hydrogen) atoms. The summed E-state index contributed by atoms with van der Waals surface area (Å²) < 4.78 is 1.72. The predicted molar refractivity (Wildman–Crippen MR) is 129 cm³/mol. The molecule has 4 aromatic rings. The third-order valence-electron chi connectivity index (χ3n) is 5.62. The first-order valence-electron chi connectivity index (χ1n) is 10.7. The Hall–Kier alpha value is -2.85. The van der Waals surface area contributed by atoms with E-state index in [1.807, 2.05) is 6.92 Å². The number of nitrogens with one attached hydrogen (secondary N) is 3. The molecule has 0 aliphatic heterocycles. The van der Waals surface area contributed by atoms with Gasteiger partial charge in [-0.1, -0.05) is 18.7 Å². The summed E-state index contributed by atoms with van der Waals surface area (Å²) in [5.41, 5.74) is 2.82. The molecule has 5 rings (SSSR count). The number of anilines is 1.